The van der Waals surface area contributed by atoms with Crippen molar-refractivity contribution in [2.45, 2.75) is 31.8 Å². The first kappa shape index (κ1) is 12.5. The van der Waals surface area contributed by atoms with E-state index in [1.807, 2.05) is 0 Å². The van der Waals surface area contributed by atoms with E-state index in [0.717, 1.165) is 32.0 Å². The van der Waals surface area contributed by atoms with Gasteiger partial charge in [-0.1, -0.05) is 13.0 Å². The monoisotopic (exact) mass is 240 g/mol. The Morgan fingerprint density at radius 2 is 2.18 bits per heavy atom. The highest BCUT2D eigenvalue weighted by Gasteiger charge is 2.33. The second-order valence-electron chi connectivity index (χ2n) is 4.60. The molecule has 0 amide bonds. The first-order chi connectivity index (χ1) is 8.13. The van der Waals surface area contributed by atoms with E-state index < -0.39 is 11.6 Å². The van der Waals surface area contributed by atoms with Crippen LogP contribution in [-0.2, 0) is 0 Å². The maximum Gasteiger partial charge on any atom is 0.130 e. The van der Waals surface area contributed by atoms with Crippen LogP contribution in [0.25, 0.3) is 0 Å². The molecule has 2 unspecified atom stereocenters. The molecular weight excluding hydrogens is 222 g/mol. The third kappa shape index (κ3) is 2.48. The first-order valence-corrected chi connectivity index (χ1v) is 6.08. The van der Waals surface area contributed by atoms with Crippen LogP contribution < -0.4 is 5.73 Å². The average Bonchev–Trinajstić information content (AvgIpc) is 2.62. The summed E-state index contributed by atoms with van der Waals surface area (Å²) in [6, 6.07) is 3.57. The van der Waals surface area contributed by atoms with Crippen LogP contribution in [0.3, 0.4) is 0 Å². The highest BCUT2D eigenvalue weighted by Crippen LogP contribution is 2.32. The van der Waals surface area contributed by atoms with Crippen LogP contribution >= 0.6 is 0 Å². The molecule has 1 aromatic carbocycles. The molecule has 2 nitrogen and oxygen atoms in total. The summed E-state index contributed by atoms with van der Waals surface area (Å²) >= 11 is 0. The fourth-order valence-corrected chi connectivity index (χ4v) is 2.59. The smallest absolute Gasteiger partial charge is 0.130 e. The molecule has 1 aliphatic heterocycles. The number of likely N-dealkylation sites (tertiary alicyclic amines) is 1. The van der Waals surface area contributed by atoms with Crippen molar-refractivity contribution in [2.24, 2.45) is 5.73 Å². The predicted octanol–water partition coefficient (Wildman–Crippen LogP) is 2.45. The van der Waals surface area contributed by atoms with Crippen molar-refractivity contribution in [1.29, 1.82) is 0 Å². The van der Waals surface area contributed by atoms with Crippen LogP contribution in [0.1, 0.15) is 31.4 Å². The SMILES string of the molecule is CCCN1CCC(N)C1c1ccc(F)cc1F. The third-order valence-electron chi connectivity index (χ3n) is 3.34. The minimum atomic E-state index is -0.542. The van der Waals surface area contributed by atoms with Gasteiger partial charge in [0.25, 0.3) is 0 Å². The molecule has 1 heterocycles. The van der Waals surface area contributed by atoms with Crippen molar-refractivity contribution in [3.63, 3.8) is 0 Å². The lowest BCUT2D eigenvalue weighted by molar-refractivity contribution is 0.243. The van der Waals surface area contributed by atoms with E-state index in [0.29, 0.717) is 5.56 Å². The second-order valence-corrected chi connectivity index (χ2v) is 4.60. The first-order valence-electron chi connectivity index (χ1n) is 6.08. The number of halogens is 2. The lowest BCUT2D eigenvalue weighted by Crippen LogP contribution is -2.33. The summed E-state index contributed by atoms with van der Waals surface area (Å²) in [5, 5.41) is 0. The summed E-state index contributed by atoms with van der Waals surface area (Å²) in [5.74, 6) is -1.03. The fourth-order valence-electron chi connectivity index (χ4n) is 2.59. The summed E-state index contributed by atoms with van der Waals surface area (Å²) < 4.78 is 26.7. The molecule has 17 heavy (non-hydrogen) atoms. The second kappa shape index (κ2) is 5.10. The molecule has 1 fully saturated rings. The quantitative estimate of drug-likeness (QED) is 0.879. The Kier molecular flexibility index (Phi) is 3.74. The maximum atomic E-state index is 13.8. The molecular formula is C13H18F2N2. The molecule has 2 rings (SSSR count). The van der Waals surface area contributed by atoms with E-state index in [9.17, 15) is 8.78 Å². The van der Waals surface area contributed by atoms with Gasteiger partial charge in [0.1, 0.15) is 11.6 Å². The van der Waals surface area contributed by atoms with E-state index in [4.69, 9.17) is 5.73 Å². The Hall–Kier alpha value is -1.00. The lowest BCUT2D eigenvalue weighted by Gasteiger charge is -2.27. The van der Waals surface area contributed by atoms with E-state index in [2.05, 4.69) is 11.8 Å². The summed E-state index contributed by atoms with van der Waals surface area (Å²) in [6.45, 7) is 3.87. The number of nitrogens with two attached hydrogens (primary N) is 1. The van der Waals surface area contributed by atoms with Gasteiger partial charge in [-0.15, -0.1) is 0 Å². The standard InChI is InChI=1S/C13H18F2N2/c1-2-6-17-7-5-12(16)13(17)10-4-3-9(14)8-11(10)15/h3-4,8,12-13H,2,5-7,16H2,1H3. The Bertz CT molecular complexity index is 393. The van der Waals surface area contributed by atoms with Gasteiger partial charge in [0, 0.05) is 24.2 Å². The summed E-state index contributed by atoms with van der Waals surface area (Å²) in [6.07, 6.45) is 1.87. The molecule has 1 aliphatic rings. The van der Waals surface area contributed by atoms with E-state index >= 15 is 0 Å². The fraction of sp³-hybridized carbons (Fsp3) is 0.538. The Balaban J connectivity index is 2.29. The Labute approximate surface area is 100 Å². The van der Waals surface area contributed by atoms with Crippen molar-refractivity contribution in [3.8, 4) is 0 Å². The van der Waals surface area contributed by atoms with Gasteiger partial charge < -0.3 is 5.73 Å². The summed E-state index contributed by atoms with van der Waals surface area (Å²) in [7, 11) is 0. The molecule has 1 saturated heterocycles. The molecule has 2 atom stereocenters. The number of rotatable bonds is 3. The van der Waals surface area contributed by atoms with Crippen molar-refractivity contribution in [2.75, 3.05) is 13.1 Å². The largest absolute Gasteiger partial charge is 0.326 e. The number of hydrogen-bond acceptors (Lipinski definition) is 2. The van der Waals surface area contributed by atoms with Crippen LogP contribution in [0.4, 0.5) is 8.78 Å². The Morgan fingerprint density at radius 1 is 1.41 bits per heavy atom. The molecule has 0 bridgehead atoms. The Morgan fingerprint density at radius 3 is 2.82 bits per heavy atom. The molecule has 1 aromatic rings. The molecule has 0 aromatic heterocycles. The molecule has 0 radical (unpaired) electrons. The minimum absolute atomic E-state index is 0.0680. The molecule has 0 saturated carbocycles. The topological polar surface area (TPSA) is 29.3 Å². The zero-order chi connectivity index (χ0) is 12.4. The van der Waals surface area contributed by atoms with Crippen LogP contribution in [0.2, 0.25) is 0 Å². The number of nitrogens with zero attached hydrogens (tertiary/aromatic N) is 1. The highest BCUT2D eigenvalue weighted by molar-refractivity contribution is 5.25. The van der Waals surface area contributed by atoms with Gasteiger partial charge in [-0.05, 0) is 25.5 Å². The maximum absolute atomic E-state index is 13.8. The third-order valence-corrected chi connectivity index (χ3v) is 3.34. The van der Waals surface area contributed by atoms with Crippen LogP contribution in [-0.4, -0.2) is 24.0 Å². The van der Waals surface area contributed by atoms with E-state index in [-0.39, 0.29) is 12.1 Å². The molecule has 0 spiro atoms. The van der Waals surface area contributed by atoms with E-state index in [1.54, 1.807) is 0 Å². The zero-order valence-electron chi connectivity index (χ0n) is 10.00. The van der Waals surface area contributed by atoms with Crippen molar-refractivity contribution >= 4 is 0 Å². The van der Waals surface area contributed by atoms with Crippen molar-refractivity contribution in [1.82, 2.24) is 4.90 Å². The highest BCUT2D eigenvalue weighted by atomic mass is 19.1. The molecule has 2 N–H and O–H groups in total. The van der Waals surface area contributed by atoms with Gasteiger partial charge in [-0.3, -0.25) is 4.90 Å². The van der Waals surface area contributed by atoms with Gasteiger partial charge in [0.2, 0.25) is 0 Å². The zero-order valence-corrected chi connectivity index (χ0v) is 10.00. The summed E-state index contributed by atoms with van der Waals surface area (Å²) in [5.41, 5.74) is 6.55. The lowest BCUT2D eigenvalue weighted by atomic mass is 10.00. The minimum Gasteiger partial charge on any atom is -0.326 e. The number of hydrogen-bond donors (Lipinski definition) is 1. The predicted molar refractivity (Wildman–Crippen MR) is 63.6 cm³/mol. The van der Waals surface area contributed by atoms with Gasteiger partial charge >= 0.3 is 0 Å². The van der Waals surface area contributed by atoms with Gasteiger partial charge in [0.15, 0.2) is 0 Å². The normalized spacial score (nSPS) is 25.4. The van der Waals surface area contributed by atoms with Crippen LogP contribution in [0, 0.1) is 11.6 Å². The van der Waals surface area contributed by atoms with Gasteiger partial charge in [-0.2, -0.15) is 0 Å². The summed E-state index contributed by atoms with van der Waals surface area (Å²) in [4.78, 5) is 2.18. The number of benzene rings is 1. The van der Waals surface area contributed by atoms with Gasteiger partial charge in [-0.25, -0.2) is 8.78 Å². The van der Waals surface area contributed by atoms with Gasteiger partial charge in [0.05, 0.1) is 6.04 Å². The molecule has 4 heteroatoms. The molecule has 94 valence electrons. The van der Waals surface area contributed by atoms with Crippen molar-refractivity contribution < 1.29 is 8.78 Å². The van der Waals surface area contributed by atoms with Crippen LogP contribution in [0.5, 0.6) is 0 Å². The van der Waals surface area contributed by atoms with Crippen molar-refractivity contribution in [3.05, 3.63) is 35.4 Å². The average molecular weight is 240 g/mol. The van der Waals surface area contributed by atoms with E-state index in [1.165, 1.54) is 12.1 Å². The van der Waals surface area contributed by atoms with Crippen LogP contribution in [0.15, 0.2) is 18.2 Å². The molecule has 0 aliphatic carbocycles.